The quantitative estimate of drug-likeness (QED) is 0.327. The number of imide groups is 2. The monoisotopic (exact) mass is 483 g/mol. The number of benzene rings is 1. The molecule has 0 spiro atoms. The number of carbonyl (C=O) groups excluding carboxylic acids is 5. The predicted molar refractivity (Wildman–Crippen MR) is 113 cm³/mol. The molecule has 0 saturated carbocycles. The molecule has 2 aliphatic rings. The molecule has 1 aromatic rings. The number of nitrogens with one attached hydrogen (secondary N) is 4. The van der Waals surface area contributed by atoms with Crippen LogP contribution in [0.2, 0.25) is 0 Å². The molecule has 0 aliphatic carbocycles. The van der Waals surface area contributed by atoms with Gasteiger partial charge in [0.1, 0.15) is 12.1 Å². The number of urea groups is 1. The number of rotatable bonds is 8. The van der Waals surface area contributed by atoms with Crippen molar-refractivity contribution in [1.82, 2.24) is 20.9 Å². The van der Waals surface area contributed by atoms with Crippen LogP contribution in [0, 0.1) is 0 Å². The molecule has 34 heavy (non-hydrogen) atoms. The van der Waals surface area contributed by atoms with E-state index in [1.807, 2.05) is 0 Å². The maximum atomic E-state index is 13.0. The van der Waals surface area contributed by atoms with Gasteiger partial charge in [-0.1, -0.05) is 6.07 Å². The molecule has 0 bridgehead atoms. The normalized spacial score (nSPS) is 18.9. The highest BCUT2D eigenvalue weighted by Gasteiger charge is 2.45. The molecular weight excluding hydrogens is 459 g/mol. The molecule has 2 aliphatic heterocycles. The smallest absolute Gasteiger partial charge is 0.384 e. The number of nitrogens with zero attached hydrogens (tertiary/aromatic N) is 1. The highest BCUT2D eigenvalue weighted by atomic mass is 19.4. The highest BCUT2D eigenvalue weighted by Crippen LogP contribution is 2.32. The van der Waals surface area contributed by atoms with Crippen LogP contribution in [0.4, 0.5) is 23.7 Å². The van der Waals surface area contributed by atoms with Gasteiger partial charge in [-0.15, -0.1) is 0 Å². The van der Waals surface area contributed by atoms with Crippen molar-refractivity contribution in [3.8, 4) is 0 Å². The van der Waals surface area contributed by atoms with E-state index in [1.165, 1.54) is 6.07 Å². The van der Waals surface area contributed by atoms with E-state index in [0.717, 1.165) is 11.8 Å². The fourth-order valence-electron chi connectivity index (χ4n) is 3.67. The third-order valence-corrected chi connectivity index (χ3v) is 5.51. The maximum absolute atomic E-state index is 13.0. The Morgan fingerprint density at radius 3 is 2.53 bits per heavy atom. The van der Waals surface area contributed by atoms with Crippen molar-refractivity contribution >= 4 is 35.3 Å². The lowest BCUT2D eigenvalue weighted by molar-refractivity contribution is -0.148. The van der Waals surface area contributed by atoms with Crippen LogP contribution >= 0.6 is 0 Å². The summed E-state index contributed by atoms with van der Waals surface area (Å²) >= 11 is 0. The van der Waals surface area contributed by atoms with Crippen LogP contribution in [0.25, 0.3) is 0 Å². The van der Waals surface area contributed by atoms with Crippen LogP contribution in [-0.2, 0) is 9.59 Å². The predicted octanol–water partition coefficient (Wildman–Crippen LogP) is 1.53. The van der Waals surface area contributed by atoms with E-state index >= 15 is 0 Å². The average Bonchev–Trinajstić information content (AvgIpc) is 3.01. The minimum absolute atomic E-state index is 0.0239. The Hall–Kier alpha value is -3.64. The number of carbonyl (C=O) groups is 5. The van der Waals surface area contributed by atoms with Gasteiger partial charge in [-0.25, -0.2) is 4.79 Å². The van der Waals surface area contributed by atoms with Crippen LogP contribution in [0.3, 0.4) is 0 Å². The Balaban J connectivity index is 1.51. The number of amides is 6. The summed E-state index contributed by atoms with van der Waals surface area (Å²) in [6.45, 7) is 1.35. The van der Waals surface area contributed by atoms with Crippen LogP contribution in [-0.4, -0.2) is 65.9 Å². The summed E-state index contributed by atoms with van der Waals surface area (Å²) in [5, 5.41) is 9.33. The Morgan fingerprint density at radius 2 is 1.85 bits per heavy atom. The first-order valence-corrected chi connectivity index (χ1v) is 10.7. The van der Waals surface area contributed by atoms with E-state index in [-0.39, 0.29) is 30.5 Å². The lowest BCUT2D eigenvalue weighted by Gasteiger charge is -2.27. The summed E-state index contributed by atoms with van der Waals surface area (Å²) in [6, 6.07) is 0.744. The molecule has 0 radical (unpaired) electrons. The van der Waals surface area contributed by atoms with Crippen molar-refractivity contribution in [2.45, 2.75) is 50.9 Å². The van der Waals surface area contributed by atoms with Gasteiger partial charge < -0.3 is 16.0 Å². The average molecular weight is 483 g/mol. The summed E-state index contributed by atoms with van der Waals surface area (Å²) < 4.78 is 37.3. The Morgan fingerprint density at radius 1 is 1.15 bits per heavy atom. The molecule has 2 atom stereocenters. The van der Waals surface area contributed by atoms with Crippen molar-refractivity contribution in [1.29, 1.82) is 0 Å². The zero-order valence-corrected chi connectivity index (χ0v) is 18.3. The lowest BCUT2D eigenvalue weighted by atomic mass is 10.0. The number of halogens is 3. The van der Waals surface area contributed by atoms with Crippen molar-refractivity contribution in [2.75, 3.05) is 18.4 Å². The molecule has 1 aromatic carbocycles. The third-order valence-electron chi connectivity index (χ3n) is 5.51. The van der Waals surface area contributed by atoms with Crippen LogP contribution in [0.15, 0.2) is 18.2 Å². The summed E-state index contributed by atoms with van der Waals surface area (Å²) in [7, 11) is 0. The number of alkyl halides is 3. The van der Waals surface area contributed by atoms with Gasteiger partial charge in [0, 0.05) is 25.2 Å². The van der Waals surface area contributed by atoms with E-state index in [1.54, 1.807) is 17.4 Å². The van der Waals surface area contributed by atoms with Gasteiger partial charge in [0.25, 0.3) is 11.8 Å². The number of unbranched alkanes of at least 4 members (excludes halogenated alkanes) is 1. The first-order valence-electron chi connectivity index (χ1n) is 10.7. The third kappa shape index (κ3) is 5.46. The molecule has 10 nitrogen and oxygen atoms in total. The molecule has 4 N–H and O–H groups in total. The Bertz CT molecular complexity index is 1010. The zero-order valence-electron chi connectivity index (χ0n) is 18.3. The summed E-state index contributed by atoms with van der Waals surface area (Å²) in [5.74, 6) is -2.39. The Labute approximate surface area is 192 Å². The topological polar surface area (TPSA) is 137 Å². The second-order valence-electron chi connectivity index (χ2n) is 7.97. The molecule has 1 saturated heterocycles. The first kappa shape index (κ1) is 25.0. The molecule has 13 heteroatoms. The van der Waals surface area contributed by atoms with Crippen molar-refractivity contribution < 1.29 is 37.1 Å². The fraction of sp³-hybridized carbons (Fsp3) is 0.476. The van der Waals surface area contributed by atoms with E-state index in [2.05, 4.69) is 16.0 Å². The largest absolute Gasteiger partial charge is 0.408 e. The number of anilines is 1. The number of hydrogen-bond donors (Lipinski definition) is 4. The second kappa shape index (κ2) is 10.1. The van der Waals surface area contributed by atoms with Gasteiger partial charge in [-0.2, -0.15) is 13.2 Å². The molecule has 184 valence electrons. The van der Waals surface area contributed by atoms with Gasteiger partial charge in [0.05, 0.1) is 11.1 Å². The van der Waals surface area contributed by atoms with Crippen LogP contribution in [0.1, 0.15) is 53.3 Å². The van der Waals surface area contributed by atoms with E-state index in [4.69, 9.17) is 0 Å². The minimum Gasteiger partial charge on any atom is -0.384 e. The summed E-state index contributed by atoms with van der Waals surface area (Å²) in [4.78, 5) is 61.7. The van der Waals surface area contributed by atoms with Crippen molar-refractivity contribution in [2.24, 2.45) is 0 Å². The fourth-order valence-corrected chi connectivity index (χ4v) is 3.67. The van der Waals surface area contributed by atoms with E-state index < -0.39 is 47.9 Å². The molecule has 0 aromatic heterocycles. The van der Waals surface area contributed by atoms with Gasteiger partial charge in [0.2, 0.25) is 11.8 Å². The molecule has 2 heterocycles. The minimum atomic E-state index is -4.52. The van der Waals surface area contributed by atoms with Gasteiger partial charge in [-0.05, 0) is 38.3 Å². The maximum Gasteiger partial charge on any atom is 0.408 e. The van der Waals surface area contributed by atoms with Gasteiger partial charge in [-0.3, -0.25) is 29.4 Å². The van der Waals surface area contributed by atoms with Crippen molar-refractivity contribution in [3.63, 3.8) is 0 Å². The van der Waals surface area contributed by atoms with E-state index in [0.29, 0.717) is 25.1 Å². The SMILES string of the molecule is C[C@@H](NC(=O)NCCCCNc1cccc2c1C(=O)N(C1CCC(=O)NC1=O)C2=O)C(F)(F)F. The van der Waals surface area contributed by atoms with Gasteiger partial charge >= 0.3 is 12.2 Å². The number of hydrogen-bond acceptors (Lipinski definition) is 6. The Kier molecular flexibility index (Phi) is 7.42. The van der Waals surface area contributed by atoms with E-state index in [9.17, 15) is 37.1 Å². The lowest BCUT2D eigenvalue weighted by Crippen LogP contribution is -2.54. The van der Waals surface area contributed by atoms with Crippen LogP contribution < -0.4 is 21.3 Å². The molecule has 6 amide bonds. The summed E-state index contributed by atoms with van der Waals surface area (Å²) in [5.41, 5.74) is 0.683. The van der Waals surface area contributed by atoms with Gasteiger partial charge in [0.15, 0.2) is 0 Å². The molecule has 3 rings (SSSR count). The summed E-state index contributed by atoms with van der Waals surface area (Å²) in [6.07, 6.45) is -3.48. The molecular formula is C21H24F3N5O5. The standard InChI is InChI=1S/C21H24F3N5O5/c1-11(21(22,23)24)27-20(34)26-10-3-2-9-25-13-6-4-5-12-16(13)19(33)29(18(12)32)14-7-8-15(30)28-17(14)31/h4-6,11,14,25H,2-3,7-10H2,1H3,(H2,26,27,34)(H,28,30,31)/t11-,14?/m1/s1. The second-order valence-corrected chi connectivity index (χ2v) is 7.97. The number of piperidine rings is 1. The van der Waals surface area contributed by atoms with Crippen LogP contribution in [0.5, 0.6) is 0 Å². The molecule has 1 unspecified atom stereocenters. The number of fused-ring (bicyclic) bond motifs is 1. The van der Waals surface area contributed by atoms with Crippen molar-refractivity contribution in [3.05, 3.63) is 29.3 Å². The highest BCUT2D eigenvalue weighted by molar-refractivity contribution is 6.25. The molecule has 1 fully saturated rings. The first-order chi connectivity index (χ1) is 16.0. The zero-order chi connectivity index (χ0) is 25.0.